The van der Waals surface area contributed by atoms with Gasteiger partial charge in [0.25, 0.3) is 0 Å². The Morgan fingerprint density at radius 2 is 1.95 bits per heavy atom. The second-order valence-corrected chi connectivity index (χ2v) is 5.46. The van der Waals surface area contributed by atoms with Crippen LogP contribution in [-0.2, 0) is 19.1 Å². The first kappa shape index (κ1) is 19.2. The number of aliphatic carboxylic acids is 1. The van der Waals surface area contributed by atoms with Crippen molar-refractivity contribution < 1.29 is 29.3 Å². The lowest BCUT2D eigenvalue weighted by Crippen LogP contribution is -2.41. The van der Waals surface area contributed by atoms with E-state index in [0.717, 1.165) is 0 Å². The number of amides is 1. The molecule has 3 atom stereocenters. The summed E-state index contributed by atoms with van der Waals surface area (Å²) in [5.41, 5.74) is 0. The van der Waals surface area contributed by atoms with Crippen LogP contribution >= 0.6 is 11.8 Å². The van der Waals surface area contributed by atoms with Gasteiger partial charge in [0.2, 0.25) is 5.91 Å². The van der Waals surface area contributed by atoms with Crippen LogP contribution in [-0.4, -0.2) is 72.2 Å². The van der Waals surface area contributed by atoms with Crippen LogP contribution in [0.4, 0.5) is 0 Å². The van der Waals surface area contributed by atoms with Gasteiger partial charge in [-0.2, -0.15) is 11.8 Å². The highest BCUT2D eigenvalue weighted by molar-refractivity contribution is 7.99. The molecule has 0 aromatic heterocycles. The number of hydrogen-bond donors (Lipinski definition) is 3. The van der Waals surface area contributed by atoms with Crippen molar-refractivity contribution in [3.05, 3.63) is 0 Å². The molecule has 0 aliphatic rings. The number of methoxy groups -OCH3 is 1. The molecule has 0 saturated carbocycles. The predicted octanol–water partition coefficient (Wildman–Crippen LogP) is -0.279. The maximum Gasteiger partial charge on any atom is 0.327 e. The molecule has 0 saturated heterocycles. The Bertz CT molecular complexity index is 302. The third kappa shape index (κ3) is 10.0. The molecule has 1 amide bonds. The number of carbonyl (C=O) groups excluding carboxylic acids is 1. The molecule has 0 radical (unpaired) electrons. The summed E-state index contributed by atoms with van der Waals surface area (Å²) in [7, 11) is 1.57. The Balaban J connectivity index is 3.85. The van der Waals surface area contributed by atoms with Gasteiger partial charge in [-0.1, -0.05) is 0 Å². The van der Waals surface area contributed by atoms with Crippen LogP contribution in [0.1, 0.15) is 13.8 Å². The Morgan fingerprint density at radius 3 is 2.45 bits per heavy atom. The molecular formula is C12H23NO6S. The van der Waals surface area contributed by atoms with Crippen molar-refractivity contribution in [3.8, 4) is 0 Å². The molecule has 0 bridgehead atoms. The highest BCUT2D eigenvalue weighted by Gasteiger charge is 2.19. The summed E-state index contributed by atoms with van der Waals surface area (Å²) in [5.74, 6) is -0.953. The van der Waals surface area contributed by atoms with Gasteiger partial charge in [0.15, 0.2) is 0 Å². The third-order valence-corrected chi connectivity index (χ3v) is 3.43. The van der Waals surface area contributed by atoms with Gasteiger partial charge in [-0.05, 0) is 6.92 Å². The van der Waals surface area contributed by atoms with Crippen molar-refractivity contribution in [3.63, 3.8) is 0 Å². The molecule has 7 nitrogen and oxygen atoms in total. The van der Waals surface area contributed by atoms with E-state index in [1.165, 1.54) is 18.7 Å². The fourth-order valence-corrected chi connectivity index (χ4v) is 2.31. The van der Waals surface area contributed by atoms with Gasteiger partial charge >= 0.3 is 5.97 Å². The first-order chi connectivity index (χ1) is 9.36. The number of aliphatic hydroxyl groups excluding tert-OH is 1. The van der Waals surface area contributed by atoms with Gasteiger partial charge in [-0.25, -0.2) is 4.79 Å². The van der Waals surface area contributed by atoms with Crippen LogP contribution < -0.4 is 5.32 Å². The Morgan fingerprint density at radius 1 is 1.30 bits per heavy atom. The summed E-state index contributed by atoms with van der Waals surface area (Å²) in [6.45, 7) is 3.71. The quantitative estimate of drug-likeness (QED) is 0.482. The summed E-state index contributed by atoms with van der Waals surface area (Å²) in [4.78, 5) is 21.7. The molecule has 0 aromatic carbocycles. The second-order valence-electron chi connectivity index (χ2n) is 4.38. The summed E-state index contributed by atoms with van der Waals surface area (Å²) in [6, 6.07) is -0.946. The average molecular weight is 309 g/mol. The van der Waals surface area contributed by atoms with E-state index in [4.69, 9.17) is 14.6 Å². The van der Waals surface area contributed by atoms with Crippen LogP contribution in [0.2, 0.25) is 0 Å². The zero-order valence-corrected chi connectivity index (χ0v) is 12.8. The maximum atomic E-state index is 10.9. The molecule has 3 N–H and O–H groups in total. The zero-order chi connectivity index (χ0) is 15.5. The molecule has 3 unspecified atom stereocenters. The highest BCUT2D eigenvalue weighted by atomic mass is 32.2. The fraction of sp³-hybridized carbons (Fsp3) is 0.833. The van der Waals surface area contributed by atoms with E-state index in [9.17, 15) is 14.7 Å². The number of carbonyl (C=O) groups is 2. The first-order valence-electron chi connectivity index (χ1n) is 6.23. The average Bonchev–Trinajstić information content (AvgIpc) is 2.35. The number of carboxylic acid groups (broad SMARTS) is 1. The van der Waals surface area contributed by atoms with E-state index in [1.807, 2.05) is 6.92 Å². The monoisotopic (exact) mass is 309 g/mol. The largest absolute Gasteiger partial charge is 0.480 e. The number of rotatable bonds is 11. The van der Waals surface area contributed by atoms with Crippen LogP contribution in [0.5, 0.6) is 0 Å². The topological polar surface area (TPSA) is 105 Å². The molecule has 0 heterocycles. The van der Waals surface area contributed by atoms with E-state index < -0.39 is 24.0 Å². The van der Waals surface area contributed by atoms with Gasteiger partial charge < -0.3 is 25.0 Å². The molecule has 0 fully saturated rings. The highest BCUT2D eigenvalue weighted by Crippen LogP contribution is 2.07. The van der Waals surface area contributed by atoms with Crippen LogP contribution in [0.15, 0.2) is 0 Å². The van der Waals surface area contributed by atoms with E-state index in [-0.39, 0.29) is 18.5 Å². The van der Waals surface area contributed by atoms with Gasteiger partial charge in [-0.15, -0.1) is 0 Å². The van der Waals surface area contributed by atoms with E-state index >= 15 is 0 Å². The van der Waals surface area contributed by atoms with Crippen molar-refractivity contribution in [2.75, 3.05) is 31.8 Å². The molecule has 0 aliphatic heterocycles. The van der Waals surface area contributed by atoms with Gasteiger partial charge in [0.1, 0.15) is 6.04 Å². The number of hydrogen-bond acceptors (Lipinski definition) is 6. The smallest absolute Gasteiger partial charge is 0.327 e. The lowest BCUT2D eigenvalue weighted by molar-refractivity contribution is -0.140. The third-order valence-electron chi connectivity index (χ3n) is 2.24. The predicted molar refractivity (Wildman–Crippen MR) is 75.9 cm³/mol. The number of aliphatic hydroxyl groups is 1. The number of carboxylic acids is 1. The summed E-state index contributed by atoms with van der Waals surface area (Å²) in [6.07, 6.45) is -0.795. The minimum atomic E-state index is -1.09. The summed E-state index contributed by atoms with van der Waals surface area (Å²) in [5, 5.41) is 20.9. The minimum absolute atomic E-state index is 0.106. The normalized spacial score (nSPS) is 15.4. The van der Waals surface area contributed by atoms with Crippen molar-refractivity contribution in [1.82, 2.24) is 5.32 Å². The Kier molecular flexibility index (Phi) is 10.4. The van der Waals surface area contributed by atoms with Crippen LogP contribution in [0, 0.1) is 0 Å². The molecule has 0 spiro atoms. The van der Waals surface area contributed by atoms with Crippen molar-refractivity contribution in [1.29, 1.82) is 0 Å². The van der Waals surface area contributed by atoms with Gasteiger partial charge in [0, 0.05) is 25.5 Å². The Labute approximate surface area is 123 Å². The van der Waals surface area contributed by atoms with E-state index in [2.05, 4.69) is 5.32 Å². The van der Waals surface area contributed by atoms with Crippen molar-refractivity contribution in [2.45, 2.75) is 32.1 Å². The SMILES string of the molecule is COCC(C)OCC(O)CSCC(NC(C)=O)C(=O)O. The van der Waals surface area contributed by atoms with E-state index in [0.29, 0.717) is 12.4 Å². The van der Waals surface area contributed by atoms with Crippen LogP contribution in [0.3, 0.4) is 0 Å². The molecular weight excluding hydrogens is 286 g/mol. The molecule has 20 heavy (non-hydrogen) atoms. The molecule has 0 aromatic rings. The number of ether oxygens (including phenoxy) is 2. The molecule has 8 heteroatoms. The summed E-state index contributed by atoms with van der Waals surface area (Å²) < 4.78 is 10.2. The van der Waals surface area contributed by atoms with Gasteiger partial charge in [0.05, 0.1) is 25.4 Å². The first-order valence-corrected chi connectivity index (χ1v) is 7.38. The molecule has 0 rings (SSSR count). The standard InChI is InChI=1S/C12H23NO6S/c1-8(4-18-3)19-5-10(15)6-20-7-11(12(16)17)13-9(2)14/h8,10-11,15H,4-7H2,1-3H3,(H,13,14)(H,16,17). The van der Waals surface area contributed by atoms with Crippen molar-refractivity contribution in [2.24, 2.45) is 0 Å². The maximum absolute atomic E-state index is 10.9. The Hall–Kier alpha value is -0.830. The van der Waals surface area contributed by atoms with E-state index in [1.54, 1.807) is 7.11 Å². The fourth-order valence-electron chi connectivity index (χ4n) is 1.35. The number of thioether (sulfide) groups is 1. The lowest BCUT2D eigenvalue weighted by Gasteiger charge is -2.17. The number of nitrogens with one attached hydrogen (secondary N) is 1. The van der Waals surface area contributed by atoms with Gasteiger partial charge in [-0.3, -0.25) is 4.79 Å². The molecule has 0 aliphatic carbocycles. The summed E-state index contributed by atoms with van der Waals surface area (Å²) >= 11 is 1.25. The minimum Gasteiger partial charge on any atom is -0.480 e. The lowest BCUT2D eigenvalue weighted by atomic mass is 10.3. The second kappa shape index (κ2) is 10.9. The van der Waals surface area contributed by atoms with Crippen LogP contribution in [0.25, 0.3) is 0 Å². The zero-order valence-electron chi connectivity index (χ0n) is 12.0. The molecule has 118 valence electrons. The van der Waals surface area contributed by atoms with Crippen molar-refractivity contribution >= 4 is 23.6 Å².